The SMILES string of the molecule is COc1ccccc1C(=O)NCC1(c2ccccc2)CCC(N=[N+]=[N-])CC1. The Morgan fingerprint density at radius 3 is 2.52 bits per heavy atom. The average molecular weight is 364 g/mol. The standard InChI is InChI=1S/C21H24N4O2/c1-27-19-10-6-5-9-18(19)20(26)23-15-21(16-7-3-2-4-8-16)13-11-17(12-14-21)24-25-22/h2-10,17H,11-15H2,1H3,(H,23,26). The zero-order valence-corrected chi connectivity index (χ0v) is 15.5. The number of hydrogen-bond donors (Lipinski definition) is 1. The maximum Gasteiger partial charge on any atom is 0.255 e. The number of carbonyl (C=O) groups excluding carboxylic acids is 1. The van der Waals surface area contributed by atoms with Crippen molar-refractivity contribution in [2.75, 3.05) is 13.7 Å². The molecule has 1 saturated carbocycles. The summed E-state index contributed by atoms with van der Waals surface area (Å²) >= 11 is 0. The first-order valence-electron chi connectivity index (χ1n) is 9.19. The van der Waals surface area contributed by atoms with E-state index in [1.807, 2.05) is 30.3 Å². The third-order valence-corrected chi connectivity index (χ3v) is 5.45. The summed E-state index contributed by atoms with van der Waals surface area (Å²) in [4.78, 5) is 15.7. The molecule has 2 aromatic rings. The molecule has 3 rings (SSSR count). The summed E-state index contributed by atoms with van der Waals surface area (Å²) in [6, 6.07) is 17.5. The number of benzene rings is 2. The van der Waals surface area contributed by atoms with E-state index in [1.54, 1.807) is 19.2 Å². The third kappa shape index (κ3) is 4.23. The highest BCUT2D eigenvalue weighted by molar-refractivity contribution is 5.96. The van der Waals surface area contributed by atoms with Crippen molar-refractivity contribution in [2.24, 2.45) is 5.11 Å². The molecule has 1 fully saturated rings. The van der Waals surface area contributed by atoms with Crippen LogP contribution in [0.3, 0.4) is 0 Å². The Labute approximate surface area is 159 Å². The van der Waals surface area contributed by atoms with E-state index < -0.39 is 0 Å². The van der Waals surface area contributed by atoms with E-state index in [0.717, 1.165) is 25.7 Å². The molecule has 0 atom stereocenters. The molecule has 6 nitrogen and oxygen atoms in total. The first-order valence-corrected chi connectivity index (χ1v) is 9.19. The molecule has 0 radical (unpaired) electrons. The monoisotopic (exact) mass is 364 g/mol. The number of hydrogen-bond acceptors (Lipinski definition) is 3. The Hall–Kier alpha value is -2.98. The molecule has 0 saturated heterocycles. The molecule has 0 unspecified atom stereocenters. The molecule has 27 heavy (non-hydrogen) atoms. The fraction of sp³-hybridized carbons (Fsp3) is 0.381. The number of azide groups is 1. The molecule has 1 aliphatic carbocycles. The van der Waals surface area contributed by atoms with E-state index in [0.29, 0.717) is 17.9 Å². The summed E-state index contributed by atoms with van der Waals surface area (Å²) in [5.41, 5.74) is 10.3. The molecule has 1 N–H and O–H groups in total. The first-order chi connectivity index (χ1) is 13.2. The number of methoxy groups -OCH3 is 1. The summed E-state index contributed by atoms with van der Waals surface area (Å²) in [6.07, 6.45) is 3.38. The molecule has 0 aromatic heterocycles. The maximum atomic E-state index is 12.7. The maximum absolute atomic E-state index is 12.7. The molecule has 0 heterocycles. The van der Waals surface area contributed by atoms with Crippen molar-refractivity contribution in [2.45, 2.75) is 37.1 Å². The highest BCUT2D eigenvalue weighted by Gasteiger charge is 2.37. The van der Waals surface area contributed by atoms with Gasteiger partial charge in [-0.1, -0.05) is 47.6 Å². The summed E-state index contributed by atoms with van der Waals surface area (Å²) in [7, 11) is 1.56. The van der Waals surface area contributed by atoms with E-state index >= 15 is 0 Å². The van der Waals surface area contributed by atoms with Gasteiger partial charge in [-0.2, -0.15) is 0 Å². The zero-order chi connectivity index (χ0) is 19.1. The molecule has 0 aliphatic heterocycles. The van der Waals surface area contributed by atoms with Crippen molar-refractivity contribution in [1.29, 1.82) is 0 Å². The smallest absolute Gasteiger partial charge is 0.255 e. The lowest BCUT2D eigenvalue weighted by Crippen LogP contribution is -2.44. The summed E-state index contributed by atoms with van der Waals surface area (Å²) in [5, 5.41) is 6.99. The van der Waals surface area contributed by atoms with Crippen LogP contribution in [0.5, 0.6) is 5.75 Å². The molecule has 1 aliphatic rings. The minimum Gasteiger partial charge on any atom is -0.496 e. The normalized spacial score (nSPS) is 21.7. The number of ether oxygens (including phenoxy) is 1. The van der Waals surface area contributed by atoms with Gasteiger partial charge in [0.15, 0.2) is 0 Å². The van der Waals surface area contributed by atoms with Gasteiger partial charge in [0.05, 0.1) is 12.7 Å². The van der Waals surface area contributed by atoms with Gasteiger partial charge in [-0.05, 0) is 48.9 Å². The number of rotatable bonds is 6. The lowest BCUT2D eigenvalue weighted by atomic mass is 9.68. The van der Waals surface area contributed by atoms with E-state index in [2.05, 4.69) is 27.5 Å². The second kappa shape index (κ2) is 8.60. The van der Waals surface area contributed by atoms with Crippen molar-refractivity contribution >= 4 is 5.91 Å². The average Bonchev–Trinajstić information content (AvgIpc) is 2.74. The van der Waals surface area contributed by atoms with Gasteiger partial charge in [-0.3, -0.25) is 4.79 Å². The van der Waals surface area contributed by atoms with Gasteiger partial charge < -0.3 is 10.1 Å². The van der Waals surface area contributed by atoms with Crippen LogP contribution in [0, 0.1) is 0 Å². The fourth-order valence-corrected chi connectivity index (χ4v) is 3.88. The van der Waals surface area contributed by atoms with E-state index in [-0.39, 0.29) is 17.4 Å². The Morgan fingerprint density at radius 1 is 1.19 bits per heavy atom. The Morgan fingerprint density at radius 2 is 1.85 bits per heavy atom. The quantitative estimate of drug-likeness (QED) is 0.461. The predicted molar refractivity (Wildman–Crippen MR) is 105 cm³/mol. The molecule has 6 heteroatoms. The van der Waals surface area contributed by atoms with Gasteiger partial charge in [-0.25, -0.2) is 0 Å². The van der Waals surface area contributed by atoms with Gasteiger partial charge in [0, 0.05) is 22.9 Å². The molecule has 0 bridgehead atoms. The van der Waals surface area contributed by atoms with Crippen LogP contribution < -0.4 is 10.1 Å². The van der Waals surface area contributed by atoms with Crippen LogP contribution in [-0.4, -0.2) is 25.6 Å². The van der Waals surface area contributed by atoms with Gasteiger partial charge in [-0.15, -0.1) is 0 Å². The van der Waals surface area contributed by atoms with Crippen LogP contribution in [0.25, 0.3) is 10.4 Å². The Kier molecular flexibility index (Phi) is 5.99. The number of amides is 1. The van der Waals surface area contributed by atoms with E-state index in [4.69, 9.17) is 10.3 Å². The van der Waals surface area contributed by atoms with Crippen molar-refractivity contribution in [3.63, 3.8) is 0 Å². The fourth-order valence-electron chi connectivity index (χ4n) is 3.88. The topological polar surface area (TPSA) is 87.1 Å². The summed E-state index contributed by atoms with van der Waals surface area (Å²) in [5.74, 6) is 0.427. The van der Waals surface area contributed by atoms with Crippen LogP contribution in [0.1, 0.15) is 41.6 Å². The highest BCUT2D eigenvalue weighted by Crippen LogP contribution is 2.40. The van der Waals surface area contributed by atoms with Gasteiger partial charge >= 0.3 is 0 Å². The second-order valence-electron chi connectivity index (χ2n) is 6.97. The lowest BCUT2D eigenvalue weighted by Gasteiger charge is -2.40. The van der Waals surface area contributed by atoms with Crippen LogP contribution in [-0.2, 0) is 5.41 Å². The predicted octanol–water partition coefficient (Wildman–Crippen LogP) is 4.62. The van der Waals surface area contributed by atoms with Crippen LogP contribution >= 0.6 is 0 Å². The number of para-hydroxylation sites is 1. The molecule has 140 valence electrons. The van der Waals surface area contributed by atoms with Crippen molar-refractivity contribution in [3.8, 4) is 5.75 Å². The van der Waals surface area contributed by atoms with Gasteiger partial charge in [0.2, 0.25) is 0 Å². The minimum atomic E-state index is -0.152. The Balaban J connectivity index is 1.79. The first kappa shape index (κ1) is 18.8. The summed E-state index contributed by atoms with van der Waals surface area (Å²) < 4.78 is 5.30. The van der Waals surface area contributed by atoms with Crippen LogP contribution in [0.15, 0.2) is 59.7 Å². The second-order valence-corrected chi connectivity index (χ2v) is 6.97. The molecule has 1 amide bonds. The van der Waals surface area contributed by atoms with Crippen LogP contribution in [0.4, 0.5) is 0 Å². The van der Waals surface area contributed by atoms with Crippen molar-refractivity contribution < 1.29 is 9.53 Å². The lowest BCUT2D eigenvalue weighted by molar-refractivity contribution is 0.0932. The van der Waals surface area contributed by atoms with E-state index in [1.165, 1.54) is 5.56 Å². The Bertz CT molecular complexity index is 823. The van der Waals surface area contributed by atoms with Gasteiger partial charge in [0.25, 0.3) is 5.91 Å². The number of nitrogens with one attached hydrogen (secondary N) is 1. The number of nitrogens with zero attached hydrogens (tertiary/aromatic N) is 3. The minimum absolute atomic E-state index is 0.0387. The third-order valence-electron chi connectivity index (χ3n) is 5.45. The zero-order valence-electron chi connectivity index (χ0n) is 15.5. The van der Waals surface area contributed by atoms with Crippen molar-refractivity contribution in [3.05, 3.63) is 76.2 Å². The van der Waals surface area contributed by atoms with Crippen LogP contribution in [0.2, 0.25) is 0 Å². The highest BCUT2D eigenvalue weighted by atomic mass is 16.5. The summed E-state index contributed by atoms with van der Waals surface area (Å²) in [6.45, 7) is 0.539. The van der Waals surface area contributed by atoms with E-state index in [9.17, 15) is 4.79 Å². The largest absolute Gasteiger partial charge is 0.496 e. The molecular formula is C21H24N4O2. The molecule has 0 spiro atoms. The number of carbonyl (C=O) groups is 1. The molecule has 2 aromatic carbocycles. The molecular weight excluding hydrogens is 340 g/mol. The van der Waals surface area contributed by atoms with Crippen molar-refractivity contribution in [1.82, 2.24) is 5.32 Å². The van der Waals surface area contributed by atoms with Gasteiger partial charge in [0.1, 0.15) is 5.75 Å².